The van der Waals surface area contributed by atoms with Crippen molar-refractivity contribution in [3.63, 3.8) is 0 Å². The fourth-order valence-corrected chi connectivity index (χ4v) is 3.22. The lowest BCUT2D eigenvalue weighted by Gasteiger charge is -2.20. The van der Waals surface area contributed by atoms with Crippen molar-refractivity contribution in [3.05, 3.63) is 89.4 Å². The van der Waals surface area contributed by atoms with Gasteiger partial charge < -0.3 is 4.90 Å². The van der Waals surface area contributed by atoms with Crippen LogP contribution in [-0.2, 0) is 0 Å². The van der Waals surface area contributed by atoms with Crippen molar-refractivity contribution in [2.45, 2.75) is 0 Å². The summed E-state index contributed by atoms with van der Waals surface area (Å²) >= 11 is 6.10. The minimum absolute atomic E-state index is 0.165. The van der Waals surface area contributed by atoms with E-state index in [1.54, 1.807) is 24.1 Å². The number of aromatic nitrogens is 2. The van der Waals surface area contributed by atoms with E-state index < -0.39 is 0 Å². The quantitative estimate of drug-likeness (QED) is 0.494. The van der Waals surface area contributed by atoms with Crippen LogP contribution in [0.3, 0.4) is 0 Å². The number of fused-ring (bicyclic) bond motifs is 1. The van der Waals surface area contributed by atoms with Gasteiger partial charge in [0.2, 0.25) is 0 Å². The minimum atomic E-state index is -0.165. The predicted octanol–water partition coefficient (Wildman–Crippen LogP) is 5.23. The van der Waals surface area contributed by atoms with Gasteiger partial charge in [0.15, 0.2) is 0 Å². The van der Waals surface area contributed by atoms with Gasteiger partial charge in [0.25, 0.3) is 5.91 Å². The number of carbonyl (C=O) groups excluding carboxylic acids is 1. The Kier molecular flexibility index (Phi) is 4.57. The van der Waals surface area contributed by atoms with Crippen molar-refractivity contribution in [2.75, 3.05) is 11.9 Å². The molecule has 0 fully saturated rings. The predicted molar refractivity (Wildman–Crippen MR) is 109 cm³/mol. The molecule has 0 bridgehead atoms. The van der Waals surface area contributed by atoms with Gasteiger partial charge >= 0.3 is 0 Å². The molecular formula is C22H16ClN3O. The Morgan fingerprint density at radius 2 is 1.63 bits per heavy atom. The van der Waals surface area contributed by atoms with E-state index in [1.165, 1.54) is 0 Å². The number of nitrogens with zero attached hydrogens (tertiary/aromatic N) is 3. The van der Waals surface area contributed by atoms with Crippen molar-refractivity contribution in [1.29, 1.82) is 0 Å². The van der Waals surface area contributed by atoms with Crippen molar-refractivity contribution in [1.82, 2.24) is 10.2 Å². The lowest BCUT2D eigenvalue weighted by molar-refractivity contribution is 0.0995. The van der Waals surface area contributed by atoms with Gasteiger partial charge in [-0.1, -0.05) is 66.2 Å². The van der Waals surface area contributed by atoms with Crippen molar-refractivity contribution >= 4 is 34.1 Å². The lowest BCUT2D eigenvalue weighted by Crippen LogP contribution is -2.27. The zero-order valence-corrected chi connectivity index (χ0v) is 15.4. The van der Waals surface area contributed by atoms with Crippen LogP contribution in [0.5, 0.6) is 0 Å². The van der Waals surface area contributed by atoms with Crippen molar-refractivity contribution < 1.29 is 4.79 Å². The average Bonchev–Trinajstić information content (AvgIpc) is 2.72. The van der Waals surface area contributed by atoms with Gasteiger partial charge in [0.1, 0.15) is 5.69 Å². The molecule has 4 nitrogen and oxygen atoms in total. The van der Waals surface area contributed by atoms with Gasteiger partial charge in [-0.3, -0.25) is 4.79 Å². The Labute approximate surface area is 162 Å². The Bertz CT molecular complexity index is 1130. The first kappa shape index (κ1) is 17.2. The summed E-state index contributed by atoms with van der Waals surface area (Å²) in [6.07, 6.45) is 0. The first-order valence-electron chi connectivity index (χ1n) is 8.49. The molecular weight excluding hydrogens is 358 g/mol. The van der Waals surface area contributed by atoms with Crippen LogP contribution >= 0.6 is 11.6 Å². The topological polar surface area (TPSA) is 46.1 Å². The summed E-state index contributed by atoms with van der Waals surface area (Å²) in [5.41, 5.74) is 3.33. The molecule has 0 radical (unpaired) electrons. The second kappa shape index (κ2) is 7.17. The number of amides is 1. The Morgan fingerprint density at radius 1 is 0.889 bits per heavy atom. The molecule has 0 atom stereocenters. The van der Waals surface area contributed by atoms with E-state index in [9.17, 15) is 4.79 Å². The normalized spacial score (nSPS) is 10.7. The van der Waals surface area contributed by atoms with Crippen LogP contribution in [0.1, 0.15) is 10.4 Å². The maximum Gasteiger partial charge on any atom is 0.260 e. The summed E-state index contributed by atoms with van der Waals surface area (Å²) in [4.78, 5) is 15.1. The van der Waals surface area contributed by atoms with Crippen molar-refractivity contribution in [3.8, 4) is 11.3 Å². The first-order chi connectivity index (χ1) is 13.1. The van der Waals surface area contributed by atoms with Gasteiger partial charge in [-0.05, 0) is 24.3 Å². The lowest BCUT2D eigenvalue weighted by atomic mass is 10.0. The number of hydrogen-bond acceptors (Lipinski definition) is 3. The third-order valence-electron chi connectivity index (χ3n) is 4.43. The maximum absolute atomic E-state index is 13.5. The molecule has 0 saturated carbocycles. The number of anilines is 1. The Hall–Kier alpha value is -3.24. The van der Waals surface area contributed by atoms with Crippen LogP contribution in [0.2, 0.25) is 5.02 Å². The fourth-order valence-electron chi connectivity index (χ4n) is 3.04. The second-order valence-corrected chi connectivity index (χ2v) is 6.59. The molecule has 3 aromatic carbocycles. The summed E-state index contributed by atoms with van der Waals surface area (Å²) in [6, 6.07) is 24.4. The van der Waals surface area contributed by atoms with E-state index in [1.807, 2.05) is 66.7 Å². The van der Waals surface area contributed by atoms with Crippen LogP contribution < -0.4 is 4.90 Å². The maximum atomic E-state index is 13.5. The standard InChI is InChI=1S/C22H16ClN3O/c1-26(17-11-7-10-16(23)14-17)22(27)20-18-12-5-6-13-19(18)24-25-21(20)15-8-3-2-4-9-15/h2-14H,1H3. The van der Waals surface area contributed by atoms with Gasteiger partial charge in [-0.25, -0.2) is 0 Å². The van der Waals surface area contributed by atoms with Crippen LogP contribution in [0.25, 0.3) is 22.2 Å². The third kappa shape index (κ3) is 3.27. The Morgan fingerprint density at radius 3 is 2.41 bits per heavy atom. The third-order valence-corrected chi connectivity index (χ3v) is 4.66. The number of halogens is 1. The highest BCUT2D eigenvalue weighted by molar-refractivity contribution is 6.31. The van der Waals surface area contributed by atoms with E-state index in [-0.39, 0.29) is 5.91 Å². The molecule has 1 aromatic heterocycles. The molecule has 1 heterocycles. The van der Waals surface area contributed by atoms with Crippen molar-refractivity contribution in [2.24, 2.45) is 0 Å². The molecule has 0 N–H and O–H groups in total. The van der Waals surface area contributed by atoms with Gasteiger partial charge in [-0.15, -0.1) is 10.2 Å². The van der Waals surface area contributed by atoms with Crippen LogP contribution in [-0.4, -0.2) is 23.2 Å². The number of hydrogen-bond donors (Lipinski definition) is 0. The molecule has 0 saturated heterocycles. The average molecular weight is 374 g/mol. The van der Waals surface area contributed by atoms with E-state index in [0.29, 0.717) is 27.5 Å². The highest BCUT2D eigenvalue weighted by atomic mass is 35.5. The second-order valence-electron chi connectivity index (χ2n) is 6.15. The highest BCUT2D eigenvalue weighted by Crippen LogP contribution is 2.29. The van der Waals surface area contributed by atoms with Gasteiger partial charge in [0, 0.05) is 28.7 Å². The number of rotatable bonds is 3. The fraction of sp³-hybridized carbons (Fsp3) is 0.0455. The van der Waals surface area contributed by atoms with E-state index >= 15 is 0 Å². The summed E-state index contributed by atoms with van der Waals surface area (Å²) in [7, 11) is 1.73. The largest absolute Gasteiger partial charge is 0.311 e. The first-order valence-corrected chi connectivity index (χ1v) is 8.87. The van der Waals surface area contributed by atoms with E-state index in [4.69, 9.17) is 11.6 Å². The minimum Gasteiger partial charge on any atom is -0.311 e. The highest BCUT2D eigenvalue weighted by Gasteiger charge is 2.23. The molecule has 5 heteroatoms. The SMILES string of the molecule is CN(C(=O)c1c(-c2ccccc2)nnc2ccccc12)c1cccc(Cl)c1. The number of benzene rings is 3. The van der Waals surface area contributed by atoms with Crippen LogP contribution in [0, 0.1) is 0 Å². The van der Waals surface area contributed by atoms with Crippen LogP contribution in [0.4, 0.5) is 5.69 Å². The molecule has 0 unspecified atom stereocenters. The van der Waals surface area contributed by atoms with E-state index in [2.05, 4.69) is 10.2 Å². The summed E-state index contributed by atoms with van der Waals surface area (Å²) in [6.45, 7) is 0. The molecule has 0 aliphatic heterocycles. The van der Waals surface area contributed by atoms with E-state index in [0.717, 1.165) is 10.9 Å². The summed E-state index contributed by atoms with van der Waals surface area (Å²) in [5.74, 6) is -0.165. The monoisotopic (exact) mass is 373 g/mol. The number of carbonyl (C=O) groups is 1. The molecule has 0 spiro atoms. The molecule has 132 valence electrons. The molecule has 1 amide bonds. The Balaban J connectivity index is 1.92. The van der Waals surface area contributed by atoms with Gasteiger partial charge in [0.05, 0.1) is 11.1 Å². The molecule has 27 heavy (non-hydrogen) atoms. The van der Waals surface area contributed by atoms with Gasteiger partial charge in [-0.2, -0.15) is 0 Å². The molecule has 0 aliphatic rings. The molecule has 4 rings (SSSR count). The summed E-state index contributed by atoms with van der Waals surface area (Å²) < 4.78 is 0. The molecule has 0 aliphatic carbocycles. The molecule has 4 aromatic rings. The van der Waals surface area contributed by atoms with Crippen LogP contribution in [0.15, 0.2) is 78.9 Å². The smallest absolute Gasteiger partial charge is 0.260 e. The zero-order chi connectivity index (χ0) is 18.8. The zero-order valence-electron chi connectivity index (χ0n) is 14.6. The summed E-state index contributed by atoms with van der Waals surface area (Å²) in [5, 5.41) is 10.0.